The van der Waals surface area contributed by atoms with Crippen molar-refractivity contribution in [3.8, 4) is 6.07 Å². The molecule has 7 heteroatoms. The van der Waals surface area contributed by atoms with E-state index in [0.717, 1.165) is 6.07 Å². The summed E-state index contributed by atoms with van der Waals surface area (Å²) >= 11 is 0. The van der Waals surface area contributed by atoms with Gasteiger partial charge in [-0.3, -0.25) is 4.79 Å². The number of halogens is 1. The van der Waals surface area contributed by atoms with Gasteiger partial charge >= 0.3 is 12.0 Å². The first-order chi connectivity index (χ1) is 9.45. The number of carbonyl (C=O) groups excluding carboxylic acids is 1. The summed E-state index contributed by atoms with van der Waals surface area (Å²) < 4.78 is 13.3. The number of carboxylic acids is 1. The highest BCUT2D eigenvalue weighted by Crippen LogP contribution is 2.17. The highest BCUT2D eigenvalue weighted by atomic mass is 19.1. The van der Waals surface area contributed by atoms with E-state index in [1.54, 1.807) is 6.07 Å². The van der Waals surface area contributed by atoms with Gasteiger partial charge in [0.1, 0.15) is 17.4 Å². The number of nitrogens with one attached hydrogen (secondary N) is 2. The van der Waals surface area contributed by atoms with Gasteiger partial charge in [0.25, 0.3) is 0 Å². The van der Waals surface area contributed by atoms with Crippen molar-refractivity contribution in [1.82, 2.24) is 5.32 Å². The van der Waals surface area contributed by atoms with Crippen molar-refractivity contribution in [1.29, 1.82) is 5.26 Å². The molecule has 0 heterocycles. The third-order valence-corrected chi connectivity index (χ3v) is 2.66. The number of anilines is 1. The molecular formula is C13H14FN3O3. The Bertz CT molecular complexity index is 554. The van der Waals surface area contributed by atoms with Crippen molar-refractivity contribution in [2.75, 3.05) is 11.9 Å². The number of urea groups is 1. The number of aliphatic carboxylic acids is 1. The van der Waals surface area contributed by atoms with Gasteiger partial charge in [-0.25, -0.2) is 9.18 Å². The Kier molecular flexibility index (Phi) is 5.47. The zero-order valence-corrected chi connectivity index (χ0v) is 10.8. The third kappa shape index (κ3) is 4.24. The Morgan fingerprint density at radius 3 is 2.80 bits per heavy atom. The maximum Gasteiger partial charge on any atom is 0.319 e. The van der Waals surface area contributed by atoms with E-state index in [1.165, 1.54) is 19.1 Å². The number of nitrogens with zero attached hydrogens (tertiary/aromatic N) is 1. The predicted octanol–water partition coefficient (Wildman–Crippen LogP) is 1.93. The predicted molar refractivity (Wildman–Crippen MR) is 69.6 cm³/mol. The van der Waals surface area contributed by atoms with Gasteiger partial charge in [0, 0.05) is 6.54 Å². The van der Waals surface area contributed by atoms with Crippen LogP contribution in [0, 0.1) is 23.1 Å². The molecule has 1 atom stereocenters. The molecule has 1 aromatic rings. The summed E-state index contributed by atoms with van der Waals surface area (Å²) in [6.07, 6.45) is 0.275. The number of amides is 2. The summed E-state index contributed by atoms with van der Waals surface area (Å²) in [4.78, 5) is 22.1. The molecule has 0 fully saturated rings. The van der Waals surface area contributed by atoms with Crippen LogP contribution in [0.15, 0.2) is 18.2 Å². The van der Waals surface area contributed by atoms with Crippen LogP contribution in [0.4, 0.5) is 14.9 Å². The molecular weight excluding hydrogens is 265 g/mol. The lowest BCUT2D eigenvalue weighted by molar-refractivity contribution is -0.141. The normalized spacial score (nSPS) is 11.2. The van der Waals surface area contributed by atoms with E-state index in [0.29, 0.717) is 0 Å². The Balaban J connectivity index is 2.54. The van der Waals surface area contributed by atoms with Gasteiger partial charge in [0.15, 0.2) is 0 Å². The number of benzene rings is 1. The Morgan fingerprint density at radius 1 is 1.50 bits per heavy atom. The first-order valence-corrected chi connectivity index (χ1v) is 5.92. The average Bonchev–Trinajstić information content (AvgIpc) is 2.38. The second kappa shape index (κ2) is 7.09. The topological polar surface area (TPSA) is 102 Å². The van der Waals surface area contributed by atoms with Crippen LogP contribution in [0.25, 0.3) is 0 Å². The van der Waals surface area contributed by atoms with Gasteiger partial charge in [-0.2, -0.15) is 5.26 Å². The molecule has 106 valence electrons. The van der Waals surface area contributed by atoms with Crippen molar-refractivity contribution in [3.05, 3.63) is 29.6 Å². The minimum absolute atomic E-state index is 0.0660. The average molecular weight is 279 g/mol. The molecule has 20 heavy (non-hydrogen) atoms. The van der Waals surface area contributed by atoms with Crippen LogP contribution in [0.1, 0.15) is 18.9 Å². The molecule has 0 saturated heterocycles. The molecule has 0 aliphatic rings. The van der Waals surface area contributed by atoms with Crippen LogP contribution in [0.2, 0.25) is 0 Å². The van der Waals surface area contributed by atoms with E-state index in [1.807, 2.05) is 0 Å². The van der Waals surface area contributed by atoms with Crippen LogP contribution >= 0.6 is 0 Å². The van der Waals surface area contributed by atoms with Crippen molar-refractivity contribution in [2.24, 2.45) is 5.92 Å². The SMILES string of the molecule is CC(CCNC(=O)Nc1cccc(F)c1C#N)C(=O)O. The molecule has 1 aromatic carbocycles. The minimum Gasteiger partial charge on any atom is -0.481 e. The number of hydrogen-bond donors (Lipinski definition) is 3. The van der Waals surface area contributed by atoms with E-state index in [2.05, 4.69) is 10.6 Å². The van der Waals surface area contributed by atoms with Gasteiger partial charge in [0.2, 0.25) is 0 Å². The number of nitriles is 1. The molecule has 0 spiro atoms. The number of carboxylic acid groups (broad SMARTS) is 1. The molecule has 0 aliphatic heterocycles. The Hall–Kier alpha value is -2.62. The van der Waals surface area contributed by atoms with Crippen molar-refractivity contribution in [3.63, 3.8) is 0 Å². The summed E-state index contributed by atoms with van der Waals surface area (Å²) in [5.41, 5.74) is -0.183. The number of carbonyl (C=O) groups is 2. The van der Waals surface area contributed by atoms with Gasteiger partial charge < -0.3 is 15.7 Å². The largest absolute Gasteiger partial charge is 0.481 e. The Morgan fingerprint density at radius 2 is 2.20 bits per heavy atom. The quantitative estimate of drug-likeness (QED) is 0.766. The zero-order chi connectivity index (χ0) is 15.1. The summed E-state index contributed by atoms with van der Waals surface area (Å²) in [6.45, 7) is 1.69. The maximum absolute atomic E-state index is 13.3. The molecule has 0 radical (unpaired) electrons. The van der Waals surface area contributed by atoms with Crippen molar-refractivity contribution in [2.45, 2.75) is 13.3 Å². The molecule has 0 aliphatic carbocycles. The second-order valence-electron chi connectivity index (χ2n) is 4.18. The molecule has 0 saturated carbocycles. The summed E-state index contributed by atoms with van der Waals surface area (Å²) in [5, 5.41) is 22.3. The number of hydrogen-bond acceptors (Lipinski definition) is 3. The van der Waals surface area contributed by atoms with E-state index < -0.39 is 23.7 Å². The molecule has 2 amide bonds. The van der Waals surface area contributed by atoms with E-state index in [9.17, 15) is 14.0 Å². The monoisotopic (exact) mass is 279 g/mol. The smallest absolute Gasteiger partial charge is 0.319 e. The van der Waals surface area contributed by atoms with E-state index in [4.69, 9.17) is 10.4 Å². The standard InChI is InChI=1S/C13H14FN3O3/c1-8(12(18)19)5-6-16-13(20)17-11-4-2-3-10(14)9(11)7-15/h2-4,8H,5-6H2,1H3,(H,18,19)(H2,16,17,20). The molecule has 1 unspecified atom stereocenters. The summed E-state index contributed by atoms with van der Waals surface area (Å²) in [5.74, 6) is -2.23. The Labute approximate surface area is 115 Å². The second-order valence-corrected chi connectivity index (χ2v) is 4.18. The first-order valence-electron chi connectivity index (χ1n) is 5.92. The lowest BCUT2D eigenvalue weighted by Crippen LogP contribution is -2.31. The minimum atomic E-state index is -0.941. The zero-order valence-electron chi connectivity index (χ0n) is 10.8. The fourth-order valence-corrected chi connectivity index (χ4v) is 1.43. The fourth-order valence-electron chi connectivity index (χ4n) is 1.43. The van der Waals surface area contributed by atoms with Gasteiger partial charge in [-0.05, 0) is 18.6 Å². The van der Waals surface area contributed by atoms with Crippen LogP contribution in [-0.2, 0) is 4.79 Å². The van der Waals surface area contributed by atoms with Crippen LogP contribution in [-0.4, -0.2) is 23.7 Å². The molecule has 3 N–H and O–H groups in total. The lowest BCUT2D eigenvalue weighted by Gasteiger charge is -2.10. The first kappa shape index (κ1) is 15.4. The van der Waals surface area contributed by atoms with Gasteiger partial charge in [-0.1, -0.05) is 13.0 Å². The summed E-state index contributed by atoms with van der Waals surface area (Å²) in [6, 6.07) is 4.94. The highest BCUT2D eigenvalue weighted by Gasteiger charge is 2.12. The van der Waals surface area contributed by atoms with E-state index >= 15 is 0 Å². The molecule has 0 aromatic heterocycles. The van der Waals surface area contributed by atoms with Crippen molar-refractivity contribution < 1.29 is 19.1 Å². The lowest BCUT2D eigenvalue weighted by atomic mass is 10.1. The van der Waals surface area contributed by atoms with E-state index in [-0.39, 0.29) is 24.2 Å². The number of rotatable bonds is 5. The van der Waals surface area contributed by atoms with Crippen LogP contribution < -0.4 is 10.6 Å². The highest BCUT2D eigenvalue weighted by molar-refractivity contribution is 5.90. The molecule has 0 bridgehead atoms. The third-order valence-electron chi connectivity index (χ3n) is 2.66. The van der Waals surface area contributed by atoms with Gasteiger partial charge in [-0.15, -0.1) is 0 Å². The maximum atomic E-state index is 13.3. The fraction of sp³-hybridized carbons (Fsp3) is 0.308. The van der Waals surface area contributed by atoms with Crippen LogP contribution in [0.5, 0.6) is 0 Å². The summed E-state index contributed by atoms with van der Waals surface area (Å²) in [7, 11) is 0. The molecule has 1 rings (SSSR count). The van der Waals surface area contributed by atoms with Crippen molar-refractivity contribution >= 4 is 17.7 Å². The van der Waals surface area contributed by atoms with Crippen LogP contribution in [0.3, 0.4) is 0 Å². The molecule has 6 nitrogen and oxygen atoms in total. The van der Waals surface area contributed by atoms with Gasteiger partial charge in [0.05, 0.1) is 11.6 Å².